The zero-order chi connectivity index (χ0) is 52.2. The van der Waals surface area contributed by atoms with Crippen molar-refractivity contribution in [2.45, 2.75) is 367 Å². The second-order valence-corrected chi connectivity index (χ2v) is 22.0. The quantitative estimate of drug-likeness (QED) is 0.0261. The largest absolute Gasteiger partial charge is 0.462 e. The van der Waals surface area contributed by atoms with Gasteiger partial charge in [-0.3, -0.25) is 14.4 Å². The molecular formula is C66H124O6. The third-order valence-electron chi connectivity index (χ3n) is 14.7. The van der Waals surface area contributed by atoms with Crippen LogP contribution in [-0.4, -0.2) is 37.2 Å². The molecule has 0 N–H and O–H groups in total. The van der Waals surface area contributed by atoms with Crippen LogP contribution in [0.1, 0.15) is 361 Å². The van der Waals surface area contributed by atoms with E-state index in [-0.39, 0.29) is 31.1 Å². The number of allylic oxidation sites excluding steroid dienone is 4. The molecular weight excluding hydrogens is 889 g/mol. The lowest BCUT2D eigenvalue weighted by Crippen LogP contribution is -2.30. The van der Waals surface area contributed by atoms with Gasteiger partial charge in [0.25, 0.3) is 0 Å². The third-order valence-corrected chi connectivity index (χ3v) is 14.7. The average Bonchev–Trinajstić information content (AvgIpc) is 3.38. The number of carbonyl (C=O) groups excluding carboxylic acids is 3. The molecule has 1 atom stereocenters. The van der Waals surface area contributed by atoms with E-state index in [1.54, 1.807) is 0 Å². The summed E-state index contributed by atoms with van der Waals surface area (Å²) in [4.78, 5) is 38.0. The van der Waals surface area contributed by atoms with Gasteiger partial charge in [0.1, 0.15) is 13.2 Å². The summed E-state index contributed by atoms with van der Waals surface area (Å²) in [6, 6.07) is 0. The number of ether oxygens (including phenoxy) is 3. The van der Waals surface area contributed by atoms with Crippen molar-refractivity contribution in [3.63, 3.8) is 0 Å². The molecule has 0 aromatic carbocycles. The lowest BCUT2D eigenvalue weighted by molar-refractivity contribution is -0.167. The molecule has 0 aliphatic carbocycles. The molecule has 6 nitrogen and oxygen atoms in total. The predicted octanol–water partition coefficient (Wildman–Crippen LogP) is 21.8. The highest BCUT2D eigenvalue weighted by Crippen LogP contribution is 2.18. The molecule has 0 spiro atoms. The fraction of sp³-hybridized carbons (Fsp3) is 0.894. The van der Waals surface area contributed by atoms with Crippen LogP contribution in [0.15, 0.2) is 24.3 Å². The Morgan fingerprint density at radius 1 is 0.278 bits per heavy atom. The fourth-order valence-electron chi connectivity index (χ4n) is 9.83. The van der Waals surface area contributed by atoms with E-state index in [1.165, 1.54) is 257 Å². The summed E-state index contributed by atoms with van der Waals surface area (Å²) in [5, 5.41) is 0. The zero-order valence-corrected chi connectivity index (χ0v) is 48.7. The second-order valence-electron chi connectivity index (χ2n) is 22.0. The maximum Gasteiger partial charge on any atom is 0.306 e. The number of hydrogen-bond acceptors (Lipinski definition) is 6. The molecule has 0 bridgehead atoms. The van der Waals surface area contributed by atoms with Crippen LogP contribution in [0.5, 0.6) is 0 Å². The Morgan fingerprint density at radius 2 is 0.500 bits per heavy atom. The average molecular weight is 1010 g/mol. The summed E-state index contributed by atoms with van der Waals surface area (Å²) in [7, 11) is 0. The van der Waals surface area contributed by atoms with Gasteiger partial charge in [0.05, 0.1) is 0 Å². The molecule has 0 radical (unpaired) electrons. The molecule has 0 rings (SSSR count). The van der Waals surface area contributed by atoms with Crippen molar-refractivity contribution in [2.24, 2.45) is 0 Å². The van der Waals surface area contributed by atoms with E-state index in [0.29, 0.717) is 19.3 Å². The highest BCUT2D eigenvalue weighted by molar-refractivity contribution is 5.71. The number of unbranched alkanes of at least 4 members (excludes halogenated alkanes) is 45. The SMILES string of the molecule is CCCCCCC/C=C\C/C=C\CCCCCCCCCCCCCCCC(=O)OCC(COC(=O)CCCCCCCC)OC(=O)CCCCCCCCCCCCCCCCCCCCCCCCC. The summed E-state index contributed by atoms with van der Waals surface area (Å²) >= 11 is 0. The van der Waals surface area contributed by atoms with Crippen molar-refractivity contribution in [3.05, 3.63) is 24.3 Å². The monoisotopic (exact) mass is 1010 g/mol. The summed E-state index contributed by atoms with van der Waals surface area (Å²) in [6.07, 6.45) is 73.7. The molecule has 0 fully saturated rings. The Morgan fingerprint density at radius 3 is 0.764 bits per heavy atom. The molecule has 1 unspecified atom stereocenters. The Kier molecular flexibility index (Phi) is 59.6. The lowest BCUT2D eigenvalue weighted by atomic mass is 10.0. The molecule has 72 heavy (non-hydrogen) atoms. The van der Waals surface area contributed by atoms with Gasteiger partial charge in [0.15, 0.2) is 6.10 Å². The van der Waals surface area contributed by atoms with Gasteiger partial charge in [0, 0.05) is 19.3 Å². The van der Waals surface area contributed by atoms with Gasteiger partial charge in [-0.05, 0) is 51.4 Å². The first-order valence-electron chi connectivity index (χ1n) is 32.3. The normalized spacial score (nSPS) is 12.1. The first-order chi connectivity index (χ1) is 35.5. The Balaban J connectivity index is 4.03. The number of rotatable bonds is 60. The molecule has 0 aliphatic rings. The van der Waals surface area contributed by atoms with E-state index in [2.05, 4.69) is 45.1 Å². The predicted molar refractivity (Wildman–Crippen MR) is 312 cm³/mol. The van der Waals surface area contributed by atoms with Crippen LogP contribution < -0.4 is 0 Å². The third kappa shape index (κ3) is 58.8. The van der Waals surface area contributed by atoms with E-state index in [0.717, 1.165) is 64.2 Å². The van der Waals surface area contributed by atoms with E-state index in [9.17, 15) is 14.4 Å². The van der Waals surface area contributed by atoms with Gasteiger partial charge in [-0.25, -0.2) is 0 Å². The molecule has 0 heterocycles. The van der Waals surface area contributed by atoms with Gasteiger partial charge in [-0.15, -0.1) is 0 Å². The summed E-state index contributed by atoms with van der Waals surface area (Å²) < 4.78 is 16.8. The zero-order valence-electron chi connectivity index (χ0n) is 48.7. The smallest absolute Gasteiger partial charge is 0.306 e. The first-order valence-corrected chi connectivity index (χ1v) is 32.3. The first kappa shape index (κ1) is 69.9. The fourth-order valence-corrected chi connectivity index (χ4v) is 9.83. The lowest BCUT2D eigenvalue weighted by Gasteiger charge is -2.18. The van der Waals surface area contributed by atoms with Crippen molar-refractivity contribution in [3.8, 4) is 0 Å². The molecule has 6 heteroatoms. The Bertz CT molecular complexity index is 1160. The number of carbonyl (C=O) groups is 3. The molecule has 0 amide bonds. The van der Waals surface area contributed by atoms with Crippen LogP contribution in [0, 0.1) is 0 Å². The van der Waals surface area contributed by atoms with Crippen molar-refractivity contribution >= 4 is 17.9 Å². The van der Waals surface area contributed by atoms with E-state index in [4.69, 9.17) is 14.2 Å². The second kappa shape index (κ2) is 61.4. The minimum absolute atomic E-state index is 0.0664. The summed E-state index contributed by atoms with van der Waals surface area (Å²) in [6.45, 7) is 6.63. The maximum absolute atomic E-state index is 12.8. The van der Waals surface area contributed by atoms with Crippen molar-refractivity contribution in [1.82, 2.24) is 0 Å². The van der Waals surface area contributed by atoms with Gasteiger partial charge in [0.2, 0.25) is 0 Å². The van der Waals surface area contributed by atoms with Crippen molar-refractivity contribution in [1.29, 1.82) is 0 Å². The van der Waals surface area contributed by atoms with E-state index < -0.39 is 6.10 Å². The summed E-state index contributed by atoms with van der Waals surface area (Å²) in [5.41, 5.74) is 0. The molecule has 0 saturated heterocycles. The summed E-state index contributed by atoms with van der Waals surface area (Å²) in [5.74, 6) is -0.852. The topological polar surface area (TPSA) is 78.9 Å². The van der Waals surface area contributed by atoms with E-state index in [1.807, 2.05) is 0 Å². The molecule has 424 valence electrons. The Labute approximate surface area is 449 Å². The van der Waals surface area contributed by atoms with Crippen molar-refractivity contribution < 1.29 is 28.6 Å². The van der Waals surface area contributed by atoms with Gasteiger partial charge in [-0.2, -0.15) is 0 Å². The molecule has 0 aromatic rings. The number of hydrogen-bond donors (Lipinski definition) is 0. The molecule has 0 aliphatic heterocycles. The highest BCUT2D eigenvalue weighted by Gasteiger charge is 2.19. The van der Waals surface area contributed by atoms with Gasteiger partial charge in [-0.1, -0.05) is 315 Å². The minimum Gasteiger partial charge on any atom is -0.462 e. The van der Waals surface area contributed by atoms with Crippen LogP contribution in [0.25, 0.3) is 0 Å². The van der Waals surface area contributed by atoms with Crippen LogP contribution in [-0.2, 0) is 28.6 Å². The van der Waals surface area contributed by atoms with Crippen LogP contribution in [0.4, 0.5) is 0 Å². The van der Waals surface area contributed by atoms with Crippen molar-refractivity contribution in [2.75, 3.05) is 13.2 Å². The van der Waals surface area contributed by atoms with Crippen LogP contribution >= 0.6 is 0 Å². The maximum atomic E-state index is 12.8. The standard InChI is InChI=1S/C66H124O6/c1-4-7-10-13-16-18-20-22-24-26-28-30-32-33-35-36-38-40-42-44-46-48-50-53-56-59-65(68)71-62-63(61-70-64(67)58-55-52-15-12-9-6-3)72-66(69)60-57-54-51-49-47-45-43-41-39-37-34-31-29-27-25-23-21-19-17-14-11-8-5-2/h20,22,26,28,63H,4-19,21,23-25,27,29-62H2,1-3H3/b22-20-,28-26-. The molecule has 0 saturated carbocycles. The van der Waals surface area contributed by atoms with Crippen LogP contribution in [0.3, 0.4) is 0 Å². The minimum atomic E-state index is -0.765. The molecule has 0 aromatic heterocycles. The number of esters is 3. The Hall–Kier alpha value is -2.11. The van der Waals surface area contributed by atoms with Gasteiger partial charge < -0.3 is 14.2 Å². The van der Waals surface area contributed by atoms with Gasteiger partial charge >= 0.3 is 17.9 Å². The van der Waals surface area contributed by atoms with Crippen LogP contribution in [0.2, 0.25) is 0 Å². The highest BCUT2D eigenvalue weighted by atomic mass is 16.6. The van der Waals surface area contributed by atoms with E-state index >= 15 is 0 Å².